The smallest absolute Gasteiger partial charge is 0.264 e. The van der Waals surface area contributed by atoms with Crippen LogP contribution in [0.3, 0.4) is 0 Å². The van der Waals surface area contributed by atoms with Gasteiger partial charge in [-0.25, -0.2) is 8.42 Å². The number of anilines is 1. The number of amides is 1. The standard InChI is InChI=1S/C27H30ClN3O3S/c1-21-6-4-9-25(16-21)31(35(33,34)26-12-10-24(28)11-13-26)20-27(32)29-18-22-7-5-8-23(17-22)19-30-14-2-3-15-30/h4-13,16-17H,2-3,14-15,18-20H2,1H3,(H,29,32). The molecule has 3 aromatic carbocycles. The minimum Gasteiger partial charge on any atom is -0.350 e. The minimum absolute atomic E-state index is 0.0748. The van der Waals surface area contributed by atoms with Crippen LogP contribution in [0.5, 0.6) is 0 Å². The second kappa shape index (κ2) is 11.2. The van der Waals surface area contributed by atoms with Crippen molar-refractivity contribution >= 4 is 33.2 Å². The fourth-order valence-electron chi connectivity index (χ4n) is 4.26. The molecule has 1 aliphatic rings. The molecule has 4 rings (SSSR count). The number of nitrogens with one attached hydrogen (secondary N) is 1. The lowest BCUT2D eigenvalue weighted by atomic mass is 10.1. The first-order valence-corrected chi connectivity index (χ1v) is 13.5. The van der Waals surface area contributed by atoms with Gasteiger partial charge in [0.25, 0.3) is 10.0 Å². The highest BCUT2D eigenvalue weighted by molar-refractivity contribution is 7.92. The molecule has 0 aliphatic carbocycles. The number of halogens is 1. The maximum absolute atomic E-state index is 13.5. The number of carbonyl (C=O) groups is 1. The number of carbonyl (C=O) groups excluding carboxylic acids is 1. The van der Waals surface area contributed by atoms with E-state index < -0.39 is 10.0 Å². The zero-order chi connectivity index (χ0) is 24.8. The summed E-state index contributed by atoms with van der Waals surface area (Å²) in [6, 6.07) is 21.2. The number of nitrogens with zero attached hydrogens (tertiary/aromatic N) is 2. The van der Waals surface area contributed by atoms with Gasteiger partial charge in [-0.2, -0.15) is 0 Å². The number of hydrogen-bond acceptors (Lipinski definition) is 4. The molecule has 184 valence electrons. The Bertz CT molecular complexity index is 1270. The summed E-state index contributed by atoms with van der Waals surface area (Å²) in [4.78, 5) is 15.4. The predicted octanol–water partition coefficient (Wildman–Crippen LogP) is 4.76. The summed E-state index contributed by atoms with van der Waals surface area (Å²) in [7, 11) is -3.98. The lowest BCUT2D eigenvalue weighted by Crippen LogP contribution is -2.40. The van der Waals surface area contributed by atoms with Gasteiger partial charge in [0.1, 0.15) is 6.54 Å². The molecular weight excluding hydrogens is 482 g/mol. The molecule has 3 aromatic rings. The molecule has 0 aromatic heterocycles. The van der Waals surface area contributed by atoms with Gasteiger partial charge < -0.3 is 5.32 Å². The van der Waals surface area contributed by atoms with Crippen LogP contribution in [0.4, 0.5) is 5.69 Å². The summed E-state index contributed by atoms with van der Waals surface area (Å²) in [5.74, 6) is -0.381. The van der Waals surface area contributed by atoms with Crippen molar-refractivity contribution in [1.29, 1.82) is 0 Å². The van der Waals surface area contributed by atoms with Crippen LogP contribution in [0, 0.1) is 6.92 Å². The second-order valence-electron chi connectivity index (χ2n) is 8.88. The van der Waals surface area contributed by atoms with Crippen LogP contribution in [0.1, 0.15) is 29.5 Å². The highest BCUT2D eigenvalue weighted by atomic mass is 35.5. The van der Waals surface area contributed by atoms with E-state index in [1.54, 1.807) is 18.2 Å². The molecule has 1 heterocycles. The normalized spacial score (nSPS) is 14.1. The number of likely N-dealkylation sites (tertiary alicyclic amines) is 1. The van der Waals surface area contributed by atoms with E-state index in [4.69, 9.17) is 11.6 Å². The van der Waals surface area contributed by atoms with Crippen LogP contribution in [-0.2, 0) is 27.9 Å². The van der Waals surface area contributed by atoms with E-state index in [1.165, 1.54) is 42.7 Å². The Hall–Kier alpha value is -2.87. The molecule has 0 bridgehead atoms. The lowest BCUT2D eigenvalue weighted by molar-refractivity contribution is -0.119. The van der Waals surface area contributed by atoms with Crippen LogP contribution in [0.15, 0.2) is 77.7 Å². The van der Waals surface area contributed by atoms with E-state index in [9.17, 15) is 13.2 Å². The summed E-state index contributed by atoms with van der Waals surface area (Å²) < 4.78 is 28.1. The molecule has 0 saturated carbocycles. The summed E-state index contributed by atoms with van der Waals surface area (Å²) in [6.07, 6.45) is 2.48. The Morgan fingerprint density at radius 1 is 0.971 bits per heavy atom. The Morgan fingerprint density at radius 3 is 2.37 bits per heavy atom. The van der Waals surface area contributed by atoms with E-state index in [1.807, 2.05) is 25.1 Å². The van der Waals surface area contributed by atoms with Crippen LogP contribution in [0.25, 0.3) is 0 Å². The molecular formula is C27H30ClN3O3S. The third kappa shape index (κ3) is 6.63. The average molecular weight is 512 g/mol. The fourth-order valence-corrected chi connectivity index (χ4v) is 5.79. The zero-order valence-electron chi connectivity index (χ0n) is 19.8. The maximum Gasteiger partial charge on any atom is 0.264 e. The van der Waals surface area contributed by atoms with Gasteiger partial charge in [0.2, 0.25) is 5.91 Å². The first-order valence-electron chi connectivity index (χ1n) is 11.7. The van der Waals surface area contributed by atoms with Gasteiger partial charge in [0.05, 0.1) is 10.6 Å². The second-order valence-corrected chi connectivity index (χ2v) is 11.2. The first kappa shape index (κ1) is 25.2. The van der Waals surface area contributed by atoms with Crippen molar-refractivity contribution in [2.75, 3.05) is 23.9 Å². The summed E-state index contributed by atoms with van der Waals surface area (Å²) in [5, 5.41) is 3.33. The van der Waals surface area contributed by atoms with Crippen LogP contribution < -0.4 is 9.62 Å². The monoisotopic (exact) mass is 511 g/mol. The number of benzene rings is 3. The molecule has 0 spiro atoms. The van der Waals surface area contributed by atoms with Crippen molar-refractivity contribution in [3.05, 3.63) is 94.5 Å². The van der Waals surface area contributed by atoms with Crippen LogP contribution >= 0.6 is 11.6 Å². The molecule has 1 fully saturated rings. The molecule has 35 heavy (non-hydrogen) atoms. The Morgan fingerprint density at radius 2 is 1.66 bits per heavy atom. The first-order chi connectivity index (χ1) is 16.8. The quantitative estimate of drug-likeness (QED) is 0.450. The van der Waals surface area contributed by atoms with E-state index in [2.05, 4.69) is 22.3 Å². The van der Waals surface area contributed by atoms with E-state index in [0.29, 0.717) is 17.3 Å². The molecule has 8 heteroatoms. The van der Waals surface area contributed by atoms with Gasteiger partial charge in [-0.1, -0.05) is 48.0 Å². The SMILES string of the molecule is Cc1cccc(N(CC(=O)NCc2cccc(CN3CCCC3)c2)S(=O)(=O)c2ccc(Cl)cc2)c1. The minimum atomic E-state index is -3.98. The molecule has 1 saturated heterocycles. The average Bonchev–Trinajstić information content (AvgIpc) is 3.35. The van der Waals surface area contributed by atoms with Crippen molar-refractivity contribution in [2.24, 2.45) is 0 Å². The van der Waals surface area contributed by atoms with Gasteiger partial charge in [-0.05, 0) is 85.9 Å². The number of aryl methyl sites for hydroxylation is 1. The predicted molar refractivity (Wildman–Crippen MR) is 140 cm³/mol. The third-order valence-corrected chi connectivity index (χ3v) is 8.10. The molecule has 1 aliphatic heterocycles. The zero-order valence-corrected chi connectivity index (χ0v) is 21.4. The third-order valence-electron chi connectivity index (χ3n) is 6.06. The van der Waals surface area contributed by atoms with Crippen LogP contribution in [0.2, 0.25) is 5.02 Å². The molecule has 6 nitrogen and oxygen atoms in total. The van der Waals surface area contributed by atoms with Gasteiger partial charge in [-0.15, -0.1) is 0 Å². The summed E-state index contributed by atoms with van der Waals surface area (Å²) in [6.45, 7) is 5.03. The fraction of sp³-hybridized carbons (Fsp3) is 0.296. The van der Waals surface area contributed by atoms with Gasteiger partial charge >= 0.3 is 0 Å². The van der Waals surface area contributed by atoms with Crippen molar-refractivity contribution in [3.63, 3.8) is 0 Å². The van der Waals surface area contributed by atoms with Crippen molar-refractivity contribution in [1.82, 2.24) is 10.2 Å². The van der Waals surface area contributed by atoms with Crippen molar-refractivity contribution in [3.8, 4) is 0 Å². The number of sulfonamides is 1. The van der Waals surface area contributed by atoms with Crippen molar-refractivity contribution < 1.29 is 13.2 Å². The highest BCUT2D eigenvalue weighted by Crippen LogP contribution is 2.25. The van der Waals surface area contributed by atoms with Gasteiger partial charge in [0.15, 0.2) is 0 Å². The van der Waals surface area contributed by atoms with E-state index >= 15 is 0 Å². The summed E-state index contributed by atoms with van der Waals surface area (Å²) in [5.41, 5.74) is 3.53. The molecule has 1 amide bonds. The van der Waals surface area contributed by atoms with Crippen molar-refractivity contribution in [2.45, 2.75) is 37.8 Å². The van der Waals surface area contributed by atoms with Gasteiger partial charge in [-0.3, -0.25) is 14.0 Å². The largest absolute Gasteiger partial charge is 0.350 e. The summed E-state index contributed by atoms with van der Waals surface area (Å²) >= 11 is 5.95. The molecule has 0 atom stereocenters. The lowest BCUT2D eigenvalue weighted by Gasteiger charge is -2.24. The Kier molecular flexibility index (Phi) is 8.11. The maximum atomic E-state index is 13.5. The molecule has 0 unspecified atom stereocenters. The molecule has 0 radical (unpaired) electrons. The van der Waals surface area contributed by atoms with E-state index in [0.717, 1.165) is 35.1 Å². The van der Waals surface area contributed by atoms with Crippen LogP contribution in [-0.4, -0.2) is 38.9 Å². The molecule has 1 N–H and O–H groups in total. The topological polar surface area (TPSA) is 69.7 Å². The highest BCUT2D eigenvalue weighted by Gasteiger charge is 2.27. The van der Waals surface area contributed by atoms with E-state index in [-0.39, 0.29) is 17.3 Å². The number of hydrogen-bond donors (Lipinski definition) is 1. The Labute approximate surface area is 212 Å². The van der Waals surface area contributed by atoms with Gasteiger partial charge in [0, 0.05) is 18.1 Å². The Balaban J connectivity index is 1.48. The number of rotatable bonds is 9.